The van der Waals surface area contributed by atoms with Gasteiger partial charge in [-0.05, 0) is 38.6 Å². The van der Waals surface area contributed by atoms with Crippen molar-refractivity contribution in [2.75, 3.05) is 26.0 Å². The van der Waals surface area contributed by atoms with E-state index in [9.17, 15) is 4.21 Å². The SMILES string of the molecule is CCCNC1CCC(S(=O)CCCOC)C1. The summed E-state index contributed by atoms with van der Waals surface area (Å²) < 4.78 is 16.9. The highest BCUT2D eigenvalue weighted by atomic mass is 32.2. The van der Waals surface area contributed by atoms with Crippen molar-refractivity contribution >= 4 is 10.8 Å². The van der Waals surface area contributed by atoms with Crippen molar-refractivity contribution in [1.29, 1.82) is 0 Å². The topological polar surface area (TPSA) is 38.3 Å². The third-order valence-corrected chi connectivity index (χ3v) is 5.00. The number of rotatable bonds is 8. The van der Waals surface area contributed by atoms with Crippen molar-refractivity contribution in [2.24, 2.45) is 0 Å². The molecule has 0 aromatic heterocycles. The third kappa shape index (κ3) is 4.93. The predicted octanol–water partition coefficient (Wildman–Crippen LogP) is 1.69. The third-order valence-electron chi connectivity index (χ3n) is 3.13. The molecule has 3 atom stereocenters. The molecule has 16 heavy (non-hydrogen) atoms. The van der Waals surface area contributed by atoms with Gasteiger partial charge in [-0.3, -0.25) is 4.21 Å². The van der Waals surface area contributed by atoms with Crippen LogP contribution in [-0.2, 0) is 15.5 Å². The minimum atomic E-state index is -0.643. The van der Waals surface area contributed by atoms with Gasteiger partial charge in [0.15, 0.2) is 0 Å². The zero-order chi connectivity index (χ0) is 11.8. The molecule has 3 nitrogen and oxygen atoms in total. The molecule has 0 aromatic carbocycles. The molecule has 3 unspecified atom stereocenters. The van der Waals surface area contributed by atoms with E-state index in [2.05, 4.69) is 12.2 Å². The normalized spacial score (nSPS) is 27.1. The summed E-state index contributed by atoms with van der Waals surface area (Å²) in [4.78, 5) is 0. The van der Waals surface area contributed by atoms with Gasteiger partial charge in [-0.25, -0.2) is 0 Å². The van der Waals surface area contributed by atoms with Crippen LogP contribution in [0.2, 0.25) is 0 Å². The molecule has 1 rings (SSSR count). The molecule has 4 heteroatoms. The Bertz CT molecular complexity index is 211. The second-order valence-corrected chi connectivity index (χ2v) is 6.35. The van der Waals surface area contributed by atoms with Crippen LogP contribution in [-0.4, -0.2) is 41.5 Å². The Balaban J connectivity index is 2.16. The summed E-state index contributed by atoms with van der Waals surface area (Å²) >= 11 is 0. The van der Waals surface area contributed by atoms with Gasteiger partial charge in [-0.2, -0.15) is 0 Å². The fourth-order valence-electron chi connectivity index (χ4n) is 2.22. The van der Waals surface area contributed by atoms with Crippen LogP contribution in [0.3, 0.4) is 0 Å². The lowest BCUT2D eigenvalue weighted by Gasteiger charge is -2.12. The maximum absolute atomic E-state index is 12.0. The van der Waals surface area contributed by atoms with Gasteiger partial charge in [0.1, 0.15) is 0 Å². The van der Waals surface area contributed by atoms with Crippen LogP contribution >= 0.6 is 0 Å². The molecule has 0 aromatic rings. The lowest BCUT2D eigenvalue weighted by molar-refractivity contribution is 0.200. The Morgan fingerprint density at radius 2 is 2.25 bits per heavy atom. The van der Waals surface area contributed by atoms with Crippen LogP contribution in [0.5, 0.6) is 0 Å². The molecule has 1 aliphatic rings. The summed E-state index contributed by atoms with van der Waals surface area (Å²) in [5, 5.41) is 3.95. The summed E-state index contributed by atoms with van der Waals surface area (Å²) in [6.07, 6.45) is 5.52. The Kier molecular flexibility index (Phi) is 7.25. The summed E-state index contributed by atoms with van der Waals surface area (Å²) in [6, 6.07) is 0.608. The Labute approximate surface area is 102 Å². The summed E-state index contributed by atoms with van der Waals surface area (Å²) in [5.74, 6) is 0.805. The van der Waals surface area contributed by atoms with Gasteiger partial charge < -0.3 is 10.1 Å². The van der Waals surface area contributed by atoms with Gasteiger partial charge >= 0.3 is 0 Å². The van der Waals surface area contributed by atoms with E-state index in [0.29, 0.717) is 11.3 Å². The first-order valence-corrected chi connectivity index (χ1v) is 7.75. The van der Waals surface area contributed by atoms with Crippen molar-refractivity contribution in [3.8, 4) is 0 Å². The molecule has 0 spiro atoms. The number of hydrogen-bond acceptors (Lipinski definition) is 3. The van der Waals surface area contributed by atoms with Gasteiger partial charge in [-0.15, -0.1) is 0 Å². The quantitative estimate of drug-likeness (QED) is 0.663. The maximum atomic E-state index is 12.0. The van der Waals surface area contributed by atoms with Crippen LogP contribution in [0.25, 0.3) is 0 Å². The molecule has 0 aliphatic heterocycles. The fourth-order valence-corrected chi connectivity index (χ4v) is 3.81. The molecular weight excluding hydrogens is 222 g/mol. The largest absolute Gasteiger partial charge is 0.385 e. The van der Waals surface area contributed by atoms with E-state index in [-0.39, 0.29) is 0 Å². The van der Waals surface area contributed by atoms with Crippen LogP contribution in [0.1, 0.15) is 39.0 Å². The highest BCUT2D eigenvalue weighted by Crippen LogP contribution is 2.24. The highest BCUT2D eigenvalue weighted by molar-refractivity contribution is 7.85. The first kappa shape index (κ1) is 14.1. The lowest BCUT2D eigenvalue weighted by atomic mass is 10.2. The summed E-state index contributed by atoms with van der Waals surface area (Å²) in [7, 11) is 1.05. The van der Waals surface area contributed by atoms with Crippen LogP contribution < -0.4 is 5.32 Å². The van der Waals surface area contributed by atoms with E-state index in [0.717, 1.165) is 38.2 Å². The molecule has 0 amide bonds. The van der Waals surface area contributed by atoms with Crippen molar-refractivity contribution in [1.82, 2.24) is 5.32 Å². The molecule has 0 radical (unpaired) electrons. The first-order valence-electron chi connectivity index (χ1n) is 6.37. The Hall–Kier alpha value is 0.0700. The first-order chi connectivity index (χ1) is 7.77. The number of ether oxygens (including phenoxy) is 1. The number of methoxy groups -OCH3 is 1. The molecule has 1 fully saturated rings. The summed E-state index contributed by atoms with van der Waals surface area (Å²) in [6.45, 7) is 4.01. The van der Waals surface area contributed by atoms with Crippen molar-refractivity contribution in [3.05, 3.63) is 0 Å². The van der Waals surface area contributed by atoms with Crippen molar-refractivity contribution in [2.45, 2.75) is 50.3 Å². The lowest BCUT2D eigenvalue weighted by Crippen LogP contribution is -2.28. The van der Waals surface area contributed by atoms with Crippen molar-refractivity contribution in [3.63, 3.8) is 0 Å². The van der Waals surface area contributed by atoms with Gasteiger partial charge in [0.2, 0.25) is 0 Å². The van der Waals surface area contributed by atoms with Gasteiger partial charge in [0.05, 0.1) is 0 Å². The summed E-state index contributed by atoms with van der Waals surface area (Å²) in [5.41, 5.74) is 0. The molecular formula is C12H25NO2S. The zero-order valence-electron chi connectivity index (χ0n) is 10.5. The average molecular weight is 247 g/mol. The molecule has 0 bridgehead atoms. The number of nitrogens with one attached hydrogen (secondary N) is 1. The van der Waals surface area contributed by atoms with Crippen LogP contribution in [0.15, 0.2) is 0 Å². The monoisotopic (exact) mass is 247 g/mol. The molecule has 1 saturated carbocycles. The highest BCUT2D eigenvalue weighted by Gasteiger charge is 2.27. The van der Waals surface area contributed by atoms with Crippen molar-refractivity contribution < 1.29 is 8.95 Å². The van der Waals surface area contributed by atoms with Gasteiger partial charge in [-0.1, -0.05) is 6.92 Å². The second kappa shape index (κ2) is 8.20. The molecule has 1 aliphatic carbocycles. The second-order valence-electron chi connectivity index (χ2n) is 4.52. The van der Waals surface area contributed by atoms with E-state index >= 15 is 0 Å². The molecule has 96 valence electrons. The Morgan fingerprint density at radius 1 is 1.44 bits per heavy atom. The van der Waals surface area contributed by atoms with Gasteiger partial charge in [0.25, 0.3) is 0 Å². The van der Waals surface area contributed by atoms with E-state index < -0.39 is 10.8 Å². The Morgan fingerprint density at radius 3 is 2.94 bits per heavy atom. The smallest absolute Gasteiger partial charge is 0.0471 e. The van der Waals surface area contributed by atoms with E-state index in [4.69, 9.17) is 4.74 Å². The predicted molar refractivity (Wildman–Crippen MR) is 69.2 cm³/mol. The van der Waals surface area contributed by atoms with E-state index in [1.54, 1.807) is 7.11 Å². The maximum Gasteiger partial charge on any atom is 0.0471 e. The fraction of sp³-hybridized carbons (Fsp3) is 1.00. The number of hydrogen-bond donors (Lipinski definition) is 1. The average Bonchev–Trinajstić information content (AvgIpc) is 2.75. The van der Waals surface area contributed by atoms with E-state index in [1.807, 2.05) is 0 Å². The standard InChI is InChI=1S/C12H25NO2S/c1-3-7-13-11-5-6-12(10-11)16(14)9-4-8-15-2/h11-13H,3-10H2,1-2H3. The molecule has 0 heterocycles. The van der Waals surface area contributed by atoms with E-state index in [1.165, 1.54) is 12.8 Å². The molecule has 1 N–H and O–H groups in total. The van der Waals surface area contributed by atoms with Crippen LogP contribution in [0, 0.1) is 0 Å². The zero-order valence-corrected chi connectivity index (χ0v) is 11.4. The van der Waals surface area contributed by atoms with Gasteiger partial charge in [0, 0.05) is 41.6 Å². The van der Waals surface area contributed by atoms with Crippen LogP contribution in [0.4, 0.5) is 0 Å². The molecule has 0 saturated heterocycles. The minimum absolute atomic E-state index is 0.422. The minimum Gasteiger partial charge on any atom is -0.385 e.